The van der Waals surface area contributed by atoms with Crippen molar-refractivity contribution in [3.63, 3.8) is 0 Å². The van der Waals surface area contributed by atoms with Gasteiger partial charge in [0.1, 0.15) is 5.82 Å². The number of hydrogen-bond acceptors (Lipinski definition) is 1. The summed E-state index contributed by atoms with van der Waals surface area (Å²) >= 11 is 3.20. The zero-order valence-electron chi connectivity index (χ0n) is 10.8. The van der Waals surface area contributed by atoms with Crippen LogP contribution >= 0.6 is 15.9 Å². The van der Waals surface area contributed by atoms with E-state index in [-0.39, 0.29) is 5.82 Å². The van der Waals surface area contributed by atoms with Gasteiger partial charge >= 0.3 is 0 Å². The Kier molecular flexibility index (Phi) is 4.44. The molecule has 2 rings (SSSR count). The Bertz CT molecular complexity index is 421. The fourth-order valence-corrected chi connectivity index (χ4v) is 3.43. The molecule has 1 N–H and O–H groups in total. The molecule has 1 saturated carbocycles. The molecule has 0 radical (unpaired) electrons. The molecule has 3 heteroatoms. The van der Waals surface area contributed by atoms with E-state index in [0.29, 0.717) is 16.8 Å². The van der Waals surface area contributed by atoms with Crippen molar-refractivity contribution in [2.75, 3.05) is 0 Å². The van der Waals surface area contributed by atoms with Crippen molar-refractivity contribution in [3.05, 3.63) is 34.1 Å². The molecule has 1 aromatic carbocycles. The third kappa shape index (κ3) is 3.33. The van der Waals surface area contributed by atoms with Gasteiger partial charge in [0.25, 0.3) is 0 Å². The monoisotopic (exact) mass is 314 g/mol. The molecule has 18 heavy (non-hydrogen) atoms. The molecular weight excluding hydrogens is 295 g/mol. The number of halogens is 2. The highest BCUT2D eigenvalue weighted by Crippen LogP contribution is 2.36. The minimum atomic E-state index is -0.601. The van der Waals surface area contributed by atoms with Crippen LogP contribution in [-0.4, -0.2) is 10.7 Å². The summed E-state index contributed by atoms with van der Waals surface area (Å²) in [4.78, 5) is 0. The maximum Gasteiger partial charge on any atom is 0.137 e. The lowest BCUT2D eigenvalue weighted by Crippen LogP contribution is -2.37. The summed E-state index contributed by atoms with van der Waals surface area (Å²) in [6, 6.07) is 5.01. The van der Waals surface area contributed by atoms with Gasteiger partial charge in [-0.25, -0.2) is 4.39 Å². The lowest BCUT2D eigenvalue weighted by Gasteiger charge is -2.36. The Labute approximate surface area is 117 Å². The van der Waals surface area contributed by atoms with E-state index in [9.17, 15) is 9.50 Å². The number of aliphatic hydroxyl groups is 1. The number of rotatable bonds is 3. The van der Waals surface area contributed by atoms with Crippen LogP contribution in [-0.2, 0) is 6.42 Å². The first-order chi connectivity index (χ1) is 8.52. The van der Waals surface area contributed by atoms with Crippen molar-refractivity contribution in [3.8, 4) is 0 Å². The van der Waals surface area contributed by atoms with Crippen molar-refractivity contribution >= 4 is 15.9 Å². The first kappa shape index (κ1) is 14.0. The summed E-state index contributed by atoms with van der Waals surface area (Å²) in [6.45, 7) is 2.19. The van der Waals surface area contributed by atoms with Crippen molar-refractivity contribution < 1.29 is 9.50 Å². The fourth-order valence-electron chi connectivity index (χ4n) is 3.00. The summed E-state index contributed by atoms with van der Waals surface area (Å²) in [5, 5.41) is 10.7. The van der Waals surface area contributed by atoms with Crippen molar-refractivity contribution in [2.45, 2.75) is 51.0 Å². The molecule has 1 fully saturated rings. The standard InChI is InChI=1S/C15H20BrFO/c1-2-11-4-3-7-15(18,9-11)10-12-5-6-14(17)13(16)8-12/h5-6,8,11,18H,2-4,7,9-10H2,1H3. The number of benzene rings is 1. The third-order valence-electron chi connectivity index (χ3n) is 4.02. The van der Waals surface area contributed by atoms with Gasteiger partial charge in [0.15, 0.2) is 0 Å². The van der Waals surface area contributed by atoms with Crippen molar-refractivity contribution in [1.29, 1.82) is 0 Å². The van der Waals surface area contributed by atoms with Crippen LogP contribution in [0.4, 0.5) is 4.39 Å². The molecule has 0 spiro atoms. The van der Waals surface area contributed by atoms with E-state index in [1.807, 2.05) is 0 Å². The lowest BCUT2D eigenvalue weighted by molar-refractivity contribution is -0.0162. The molecule has 1 aromatic rings. The van der Waals surface area contributed by atoms with E-state index in [1.165, 1.54) is 12.5 Å². The van der Waals surface area contributed by atoms with E-state index in [4.69, 9.17) is 0 Å². The molecule has 0 amide bonds. The predicted molar refractivity (Wildman–Crippen MR) is 75.0 cm³/mol. The van der Waals surface area contributed by atoms with Gasteiger partial charge in [0.05, 0.1) is 10.1 Å². The summed E-state index contributed by atoms with van der Waals surface area (Å²) < 4.78 is 13.7. The zero-order valence-corrected chi connectivity index (χ0v) is 12.3. The highest BCUT2D eigenvalue weighted by Gasteiger charge is 2.33. The second-order valence-electron chi connectivity index (χ2n) is 5.52. The Balaban J connectivity index is 2.09. The molecule has 2 atom stereocenters. The summed E-state index contributed by atoms with van der Waals surface area (Å²) in [6.07, 6.45) is 5.82. The zero-order chi connectivity index (χ0) is 13.2. The average Bonchev–Trinajstić information content (AvgIpc) is 2.33. The predicted octanol–water partition coefficient (Wildman–Crippen LogP) is 4.46. The van der Waals surface area contributed by atoms with Gasteiger partial charge < -0.3 is 5.11 Å². The fraction of sp³-hybridized carbons (Fsp3) is 0.600. The Hall–Kier alpha value is -0.410. The molecule has 0 aliphatic heterocycles. The minimum absolute atomic E-state index is 0.249. The van der Waals surface area contributed by atoms with E-state index in [2.05, 4.69) is 22.9 Å². The van der Waals surface area contributed by atoms with Crippen LogP contribution in [0.15, 0.2) is 22.7 Å². The SMILES string of the molecule is CCC1CCCC(O)(Cc2ccc(F)c(Br)c2)C1. The average molecular weight is 315 g/mol. The smallest absolute Gasteiger partial charge is 0.137 e. The largest absolute Gasteiger partial charge is 0.390 e. The van der Waals surface area contributed by atoms with Gasteiger partial charge in [-0.15, -0.1) is 0 Å². The van der Waals surface area contributed by atoms with Crippen LogP contribution in [0.2, 0.25) is 0 Å². The first-order valence-corrected chi connectivity index (χ1v) is 7.48. The summed E-state index contributed by atoms with van der Waals surface area (Å²) in [7, 11) is 0. The third-order valence-corrected chi connectivity index (χ3v) is 4.63. The molecule has 1 aliphatic carbocycles. The molecule has 0 bridgehead atoms. The van der Waals surface area contributed by atoms with Crippen LogP contribution in [0, 0.1) is 11.7 Å². The second-order valence-corrected chi connectivity index (χ2v) is 6.37. The van der Waals surface area contributed by atoms with E-state index < -0.39 is 5.60 Å². The van der Waals surface area contributed by atoms with Crippen LogP contribution < -0.4 is 0 Å². The Morgan fingerprint density at radius 1 is 1.50 bits per heavy atom. The van der Waals surface area contributed by atoms with Crippen LogP contribution in [0.3, 0.4) is 0 Å². The molecule has 0 heterocycles. The van der Waals surface area contributed by atoms with Crippen LogP contribution in [0.5, 0.6) is 0 Å². The summed E-state index contributed by atoms with van der Waals surface area (Å²) in [5.41, 5.74) is 0.401. The normalized spacial score (nSPS) is 28.3. The maximum absolute atomic E-state index is 13.2. The number of hydrogen-bond donors (Lipinski definition) is 1. The second kappa shape index (κ2) is 5.70. The van der Waals surface area contributed by atoms with Crippen molar-refractivity contribution in [1.82, 2.24) is 0 Å². The Morgan fingerprint density at radius 2 is 2.28 bits per heavy atom. The molecule has 100 valence electrons. The molecule has 0 saturated heterocycles. The molecule has 0 aromatic heterocycles. The summed E-state index contributed by atoms with van der Waals surface area (Å²) in [5.74, 6) is 0.383. The van der Waals surface area contributed by atoms with Gasteiger partial charge in [0.2, 0.25) is 0 Å². The molecule has 2 unspecified atom stereocenters. The first-order valence-electron chi connectivity index (χ1n) is 6.69. The van der Waals surface area contributed by atoms with E-state index in [0.717, 1.165) is 31.2 Å². The highest BCUT2D eigenvalue weighted by molar-refractivity contribution is 9.10. The van der Waals surface area contributed by atoms with Gasteiger partial charge in [-0.2, -0.15) is 0 Å². The molecule has 1 nitrogen and oxygen atoms in total. The quantitative estimate of drug-likeness (QED) is 0.873. The highest BCUT2D eigenvalue weighted by atomic mass is 79.9. The van der Waals surface area contributed by atoms with Gasteiger partial charge in [-0.05, 0) is 52.4 Å². The van der Waals surface area contributed by atoms with E-state index >= 15 is 0 Å². The van der Waals surface area contributed by atoms with Gasteiger partial charge in [0, 0.05) is 6.42 Å². The minimum Gasteiger partial charge on any atom is -0.390 e. The Morgan fingerprint density at radius 3 is 2.94 bits per heavy atom. The molecule has 1 aliphatic rings. The lowest BCUT2D eigenvalue weighted by atomic mass is 9.74. The maximum atomic E-state index is 13.2. The van der Waals surface area contributed by atoms with Gasteiger partial charge in [-0.1, -0.05) is 32.3 Å². The van der Waals surface area contributed by atoms with E-state index in [1.54, 1.807) is 12.1 Å². The topological polar surface area (TPSA) is 20.2 Å². The van der Waals surface area contributed by atoms with Gasteiger partial charge in [-0.3, -0.25) is 0 Å². The van der Waals surface area contributed by atoms with Crippen LogP contribution in [0.25, 0.3) is 0 Å². The van der Waals surface area contributed by atoms with Crippen molar-refractivity contribution in [2.24, 2.45) is 5.92 Å². The van der Waals surface area contributed by atoms with Crippen LogP contribution in [0.1, 0.15) is 44.6 Å². The molecular formula is C15H20BrFO.